The number of carbonyl (C=O) groups excluding carboxylic acids is 2. The van der Waals surface area contributed by atoms with Crippen molar-refractivity contribution in [2.75, 3.05) is 19.7 Å². The molecule has 0 spiro atoms. The van der Waals surface area contributed by atoms with Gasteiger partial charge in [-0.1, -0.05) is 19.9 Å². The molecule has 0 aliphatic carbocycles. The Kier molecular flexibility index (Phi) is 8.21. The van der Waals surface area contributed by atoms with E-state index in [9.17, 15) is 14.7 Å². The van der Waals surface area contributed by atoms with Crippen LogP contribution < -0.4 is 15.4 Å². The average molecular weight is 524 g/mol. The van der Waals surface area contributed by atoms with E-state index in [1.54, 1.807) is 18.5 Å². The smallest absolute Gasteiger partial charge is 0.255 e. The Labute approximate surface area is 223 Å². The molecule has 2 fully saturated rings. The molecule has 2 amide bonds. The van der Waals surface area contributed by atoms with E-state index in [0.717, 1.165) is 5.56 Å². The number of ether oxygens (including phenoxy) is 2. The molecule has 3 aliphatic heterocycles. The molecule has 2 aromatic rings. The van der Waals surface area contributed by atoms with Crippen LogP contribution in [0, 0.1) is 0 Å². The Morgan fingerprint density at radius 1 is 1.16 bits per heavy atom. The highest BCUT2D eigenvalue weighted by Gasteiger charge is 2.39. The summed E-state index contributed by atoms with van der Waals surface area (Å²) in [5.74, 6) is 1.07. The Bertz CT molecular complexity index is 1130. The first-order valence-corrected chi connectivity index (χ1v) is 13.6. The number of benzene rings is 1. The van der Waals surface area contributed by atoms with E-state index in [-0.39, 0.29) is 30.5 Å². The van der Waals surface area contributed by atoms with Gasteiger partial charge in [-0.25, -0.2) is 9.97 Å². The Balaban J connectivity index is 1.42. The second-order valence-electron chi connectivity index (χ2n) is 10.8. The van der Waals surface area contributed by atoms with E-state index in [1.807, 2.05) is 23.1 Å². The maximum absolute atomic E-state index is 13.4. The largest absolute Gasteiger partial charge is 0.493 e. The van der Waals surface area contributed by atoms with Gasteiger partial charge in [0.2, 0.25) is 5.91 Å². The first-order chi connectivity index (χ1) is 18.4. The lowest BCUT2D eigenvalue weighted by molar-refractivity contribution is -0.133. The molecule has 4 bridgehead atoms. The molecule has 38 heavy (non-hydrogen) atoms. The van der Waals surface area contributed by atoms with E-state index in [0.29, 0.717) is 68.4 Å². The van der Waals surface area contributed by atoms with Crippen LogP contribution in [-0.2, 0) is 16.1 Å². The van der Waals surface area contributed by atoms with Gasteiger partial charge in [0.1, 0.15) is 17.7 Å². The van der Waals surface area contributed by atoms with E-state index in [1.165, 1.54) is 0 Å². The molecule has 1 aromatic carbocycles. The van der Waals surface area contributed by atoms with Crippen molar-refractivity contribution in [3.05, 3.63) is 53.6 Å². The Hall–Kier alpha value is -3.08. The average Bonchev–Trinajstić information content (AvgIpc) is 3.30. The number of nitrogens with zero attached hydrogens (tertiary/aromatic N) is 3. The van der Waals surface area contributed by atoms with Crippen molar-refractivity contribution in [3.63, 3.8) is 0 Å². The van der Waals surface area contributed by atoms with Crippen molar-refractivity contribution in [2.45, 2.75) is 82.4 Å². The fourth-order valence-electron chi connectivity index (χ4n) is 5.48. The van der Waals surface area contributed by atoms with Crippen LogP contribution in [0.15, 0.2) is 36.7 Å². The van der Waals surface area contributed by atoms with Gasteiger partial charge in [0.15, 0.2) is 0 Å². The molecule has 10 heteroatoms. The first-order valence-electron chi connectivity index (χ1n) is 13.6. The van der Waals surface area contributed by atoms with Crippen LogP contribution in [0.2, 0.25) is 0 Å². The molecule has 2 saturated heterocycles. The van der Waals surface area contributed by atoms with Gasteiger partial charge < -0.3 is 25.2 Å². The summed E-state index contributed by atoms with van der Waals surface area (Å²) >= 11 is 0. The number of hydrogen-bond acceptors (Lipinski definition) is 8. The lowest BCUT2D eigenvalue weighted by Crippen LogP contribution is -2.50. The zero-order valence-corrected chi connectivity index (χ0v) is 22.0. The Morgan fingerprint density at radius 3 is 2.76 bits per heavy atom. The van der Waals surface area contributed by atoms with Gasteiger partial charge in [-0.05, 0) is 48.9 Å². The van der Waals surface area contributed by atoms with Crippen molar-refractivity contribution in [1.82, 2.24) is 25.5 Å². The molecular weight excluding hydrogens is 486 g/mol. The fourth-order valence-corrected chi connectivity index (χ4v) is 5.48. The molecule has 3 aliphatic rings. The zero-order chi connectivity index (χ0) is 26.6. The van der Waals surface area contributed by atoms with Gasteiger partial charge in [-0.2, -0.15) is 0 Å². The minimum absolute atomic E-state index is 0.0960. The van der Waals surface area contributed by atoms with Crippen molar-refractivity contribution in [3.8, 4) is 5.75 Å². The van der Waals surface area contributed by atoms with Crippen molar-refractivity contribution >= 4 is 11.8 Å². The summed E-state index contributed by atoms with van der Waals surface area (Å²) in [5, 5.41) is 16.7. The second kappa shape index (κ2) is 11.8. The maximum Gasteiger partial charge on any atom is 0.255 e. The molecule has 1 aromatic heterocycles. The summed E-state index contributed by atoms with van der Waals surface area (Å²) in [7, 11) is 0. The van der Waals surface area contributed by atoms with Crippen LogP contribution in [0.3, 0.4) is 0 Å². The molecule has 0 saturated carbocycles. The summed E-state index contributed by atoms with van der Waals surface area (Å²) in [6, 6.07) is 6.76. The number of amides is 2. The number of aliphatic hydroxyl groups is 1. The highest BCUT2D eigenvalue weighted by molar-refractivity contribution is 5.97. The molecular formula is C28H37N5O5. The SMILES string of the molecule is CC(C)c1ccc2c(c1)OCC[C@@H]1CC[C@H](O)[C@@H](CNC(=O)[C@@H]3C[C@@H](CN3Cc3ncccn3)NC2=O)O1. The number of aromatic nitrogens is 2. The van der Waals surface area contributed by atoms with E-state index < -0.39 is 18.2 Å². The lowest BCUT2D eigenvalue weighted by atomic mass is 9.99. The number of likely N-dealkylation sites (tertiary alicyclic amines) is 1. The van der Waals surface area contributed by atoms with Gasteiger partial charge in [0.25, 0.3) is 5.91 Å². The third kappa shape index (κ3) is 6.14. The standard InChI is InChI=1S/C28H37N5O5/c1-17(2)18-4-6-21-24(12-18)37-11-8-20-5-7-23(34)25(38-20)14-31-28(36)22-13-19(32-27(21)35)15-33(22)16-26-29-9-3-10-30-26/h3-4,6,9-10,12,17,19-20,22-23,25,34H,5,7-8,11,13-16H2,1-2H3,(H,31,36)(H,32,35)/t19-,20-,22-,23-,25+/m0/s1. The minimum atomic E-state index is -0.634. The third-order valence-electron chi connectivity index (χ3n) is 7.68. The van der Waals surface area contributed by atoms with Crippen molar-refractivity contribution in [1.29, 1.82) is 0 Å². The summed E-state index contributed by atoms with van der Waals surface area (Å²) in [6.07, 6.45) is 4.53. The Morgan fingerprint density at radius 2 is 1.97 bits per heavy atom. The van der Waals surface area contributed by atoms with Gasteiger partial charge in [0.05, 0.1) is 37.0 Å². The summed E-state index contributed by atoms with van der Waals surface area (Å²) in [5.41, 5.74) is 1.57. The van der Waals surface area contributed by atoms with Crippen LogP contribution >= 0.6 is 0 Å². The predicted octanol–water partition coefficient (Wildman–Crippen LogP) is 1.78. The summed E-state index contributed by atoms with van der Waals surface area (Å²) in [4.78, 5) is 37.4. The minimum Gasteiger partial charge on any atom is -0.493 e. The van der Waals surface area contributed by atoms with Gasteiger partial charge in [0, 0.05) is 37.9 Å². The number of rotatable bonds is 3. The molecule has 0 unspecified atom stereocenters. The summed E-state index contributed by atoms with van der Waals surface area (Å²) < 4.78 is 12.3. The highest BCUT2D eigenvalue weighted by atomic mass is 16.5. The monoisotopic (exact) mass is 523 g/mol. The lowest BCUT2D eigenvalue weighted by Gasteiger charge is -2.34. The second-order valence-corrected chi connectivity index (χ2v) is 10.8. The molecule has 10 nitrogen and oxygen atoms in total. The van der Waals surface area contributed by atoms with Gasteiger partial charge in [-0.15, -0.1) is 0 Å². The normalized spacial score (nSPS) is 28.8. The number of hydrogen-bond donors (Lipinski definition) is 3. The van der Waals surface area contributed by atoms with Crippen LogP contribution in [0.1, 0.15) is 67.2 Å². The maximum atomic E-state index is 13.4. The molecule has 5 atom stereocenters. The fraction of sp³-hybridized carbons (Fsp3) is 0.571. The van der Waals surface area contributed by atoms with Crippen LogP contribution in [0.4, 0.5) is 0 Å². The van der Waals surface area contributed by atoms with Crippen LogP contribution in [0.25, 0.3) is 0 Å². The molecule has 204 valence electrons. The predicted molar refractivity (Wildman–Crippen MR) is 140 cm³/mol. The molecule has 0 radical (unpaired) electrons. The van der Waals surface area contributed by atoms with Crippen LogP contribution in [0.5, 0.6) is 5.75 Å². The topological polar surface area (TPSA) is 126 Å². The highest BCUT2D eigenvalue weighted by Crippen LogP contribution is 2.28. The van der Waals surface area contributed by atoms with Crippen LogP contribution in [-0.4, -0.2) is 81.9 Å². The van der Waals surface area contributed by atoms with Crippen molar-refractivity contribution < 1.29 is 24.2 Å². The van der Waals surface area contributed by atoms with Gasteiger partial charge in [-0.3, -0.25) is 14.5 Å². The number of nitrogens with one attached hydrogen (secondary N) is 2. The van der Waals surface area contributed by atoms with E-state index in [2.05, 4.69) is 34.4 Å². The molecule has 5 rings (SSSR count). The molecule has 4 heterocycles. The molecule has 3 N–H and O–H groups in total. The first kappa shape index (κ1) is 26.5. The van der Waals surface area contributed by atoms with E-state index in [4.69, 9.17) is 9.47 Å². The zero-order valence-electron chi connectivity index (χ0n) is 22.0. The third-order valence-corrected chi connectivity index (χ3v) is 7.68. The quantitative estimate of drug-likeness (QED) is 0.556. The number of fused-ring (bicyclic) bond motifs is 5. The van der Waals surface area contributed by atoms with Crippen molar-refractivity contribution in [2.24, 2.45) is 0 Å². The number of aliphatic hydroxyl groups excluding tert-OH is 1. The van der Waals surface area contributed by atoms with Gasteiger partial charge >= 0.3 is 0 Å². The summed E-state index contributed by atoms with van der Waals surface area (Å²) in [6.45, 7) is 5.68. The number of carbonyl (C=O) groups is 2. The van der Waals surface area contributed by atoms with E-state index >= 15 is 0 Å².